The molecule has 0 heterocycles. The monoisotopic (exact) mass is 174 g/mol. The van der Waals surface area contributed by atoms with Gasteiger partial charge in [-0.25, -0.2) is 4.39 Å². The minimum Gasteiger partial charge on any atom is -0.385 e. The topological polar surface area (TPSA) is 9.23 Å². The van der Waals surface area contributed by atoms with E-state index in [2.05, 4.69) is 0 Å². The van der Waals surface area contributed by atoms with Crippen molar-refractivity contribution >= 4 is 0 Å². The largest absolute Gasteiger partial charge is 1.00 e. The maximum Gasteiger partial charge on any atom is 1.00 e. The minimum atomic E-state index is -0.676. The third kappa shape index (κ3) is 16.3. The van der Waals surface area contributed by atoms with E-state index in [4.69, 9.17) is 4.74 Å². The Morgan fingerprint density at radius 3 is 2.30 bits per heavy atom. The molecule has 1 atom stereocenters. The average molecular weight is 174 g/mol. The summed E-state index contributed by atoms with van der Waals surface area (Å²) in [6.07, 6.45) is 0.771. The van der Waals surface area contributed by atoms with Crippen LogP contribution in [0.1, 0.15) is 19.8 Å². The van der Waals surface area contributed by atoms with Crippen LogP contribution >= 0.6 is 0 Å². The first kappa shape index (κ1) is 17.6. The first-order valence-electron chi connectivity index (χ1n) is 2.90. The Balaban J connectivity index is -0.000000245. The molecular formula is C7H16FKO. The van der Waals surface area contributed by atoms with Gasteiger partial charge in [0.25, 0.3) is 0 Å². The first-order valence-corrected chi connectivity index (χ1v) is 2.90. The van der Waals surface area contributed by atoms with Gasteiger partial charge in [0.15, 0.2) is 0 Å². The van der Waals surface area contributed by atoms with Gasteiger partial charge in [-0.3, -0.25) is 0 Å². The zero-order valence-corrected chi connectivity index (χ0v) is 10.6. The van der Waals surface area contributed by atoms with Crippen molar-refractivity contribution in [3.8, 4) is 0 Å². The molecule has 0 fully saturated rings. The van der Waals surface area contributed by atoms with Crippen LogP contribution in [0.4, 0.5) is 4.39 Å². The summed E-state index contributed by atoms with van der Waals surface area (Å²) in [5.41, 5.74) is 0. The SMILES string of the molecule is COCCCC(C)F.[CH3-].[K+]. The van der Waals surface area contributed by atoms with Gasteiger partial charge in [0, 0.05) is 13.7 Å². The van der Waals surface area contributed by atoms with Crippen LogP contribution in [0.2, 0.25) is 0 Å². The third-order valence-electron chi connectivity index (χ3n) is 0.950. The average Bonchev–Trinajstić information content (AvgIpc) is 1.66. The Hall–Kier alpha value is 1.53. The molecule has 0 radical (unpaired) electrons. The van der Waals surface area contributed by atoms with Crippen LogP contribution in [-0.4, -0.2) is 19.9 Å². The van der Waals surface area contributed by atoms with Gasteiger partial charge in [0.2, 0.25) is 0 Å². The summed E-state index contributed by atoms with van der Waals surface area (Å²) >= 11 is 0. The second-order valence-electron chi connectivity index (χ2n) is 1.92. The second-order valence-corrected chi connectivity index (χ2v) is 1.92. The molecular weight excluding hydrogens is 158 g/mol. The summed E-state index contributed by atoms with van der Waals surface area (Å²) in [6.45, 7) is 2.24. The van der Waals surface area contributed by atoms with Gasteiger partial charge in [-0.05, 0) is 19.8 Å². The number of halogens is 1. The van der Waals surface area contributed by atoms with E-state index in [9.17, 15) is 4.39 Å². The van der Waals surface area contributed by atoms with Crippen LogP contribution in [0.5, 0.6) is 0 Å². The van der Waals surface area contributed by atoms with Gasteiger partial charge >= 0.3 is 51.4 Å². The van der Waals surface area contributed by atoms with E-state index in [1.54, 1.807) is 14.0 Å². The molecule has 0 aliphatic rings. The maximum absolute atomic E-state index is 12.0. The quantitative estimate of drug-likeness (QED) is 0.309. The van der Waals surface area contributed by atoms with Crippen LogP contribution in [-0.2, 0) is 4.74 Å². The Labute approximate surface area is 106 Å². The Kier molecular flexibility index (Phi) is 23.1. The van der Waals surface area contributed by atoms with Crippen molar-refractivity contribution in [3.63, 3.8) is 0 Å². The van der Waals surface area contributed by atoms with Crippen molar-refractivity contribution < 1.29 is 60.5 Å². The molecule has 0 rings (SSSR count). The summed E-state index contributed by atoms with van der Waals surface area (Å²) in [5, 5.41) is 0. The molecule has 0 spiro atoms. The number of alkyl halides is 1. The zero-order valence-electron chi connectivity index (χ0n) is 7.48. The van der Waals surface area contributed by atoms with Crippen LogP contribution in [0.25, 0.3) is 0 Å². The van der Waals surface area contributed by atoms with E-state index in [-0.39, 0.29) is 58.8 Å². The predicted octanol–water partition coefficient (Wildman–Crippen LogP) is -0.775. The molecule has 1 nitrogen and oxygen atoms in total. The van der Waals surface area contributed by atoms with Crippen molar-refractivity contribution in [1.82, 2.24) is 0 Å². The van der Waals surface area contributed by atoms with Crippen molar-refractivity contribution in [2.45, 2.75) is 25.9 Å². The molecule has 0 saturated carbocycles. The first-order chi connectivity index (χ1) is 3.77. The van der Waals surface area contributed by atoms with Crippen molar-refractivity contribution in [2.75, 3.05) is 13.7 Å². The number of ether oxygens (including phenoxy) is 1. The second kappa shape index (κ2) is 13.1. The van der Waals surface area contributed by atoms with Gasteiger partial charge in [-0.2, -0.15) is 0 Å². The molecule has 1 unspecified atom stereocenters. The van der Waals surface area contributed by atoms with Crippen LogP contribution in [0.3, 0.4) is 0 Å². The summed E-state index contributed by atoms with van der Waals surface area (Å²) in [5.74, 6) is 0. The fourth-order valence-corrected chi connectivity index (χ4v) is 0.509. The smallest absolute Gasteiger partial charge is 0.385 e. The van der Waals surface area contributed by atoms with E-state index < -0.39 is 6.17 Å². The number of hydrogen-bond donors (Lipinski definition) is 0. The molecule has 58 valence electrons. The zero-order chi connectivity index (χ0) is 6.41. The van der Waals surface area contributed by atoms with Gasteiger partial charge < -0.3 is 12.2 Å². The number of rotatable bonds is 4. The normalized spacial score (nSPS) is 11.1. The van der Waals surface area contributed by atoms with E-state index >= 15 is 0 Å². The molecule has 0 amide bonds. The van der Waals surface area contributed by atoms with Crippen LogP contribution in [0.15, 0.2) is 0 Å². The predicted molar refractivity (Wildman–Crippen MR) is 38.1 cm³/mol. The molecule has 3 heteroatoms. The van der Waals surface area contributed by atoms with E-state index in [0.717, 1.165) is 6.42 Å². The Morgan fingerprint density at radius 1 is 1.50 bits per heavy atom. The molecule has 0 aromatic carbocycles. The Bertz CT molecular complexity index is 50.9. The fourth-order valence-electron chi connectivity index (χ4n) is 0.509. The third-order valence-corrected chi connectivity index (χ3v) is 0.950. The van der Waals surface area contributed by atoms with E-state index in [1.165, 1.54) is 0 Å². The van der Waals surface area contributed by atoms with Crippen LogP contribution < -0.4 is 51.4 Å². The number of hydrogen-bond acceptors (Lipinski definition) is 1. The van der Waals surface area contributed by atoms with Crippen molar-refractivity contribution in [2.24, 2.45) is 0 Å². The van der Waals surface area contributed by atoms with Crippen molar-refractivity contribution in [3.05, 3.63) is 7.43 Å². The summed E-state index contributed by atoms with van der Waals surface area (Å²) in [4.78, 5) is 0. The van der Waals surface area contributed by atoms with Gasteiger partial charge in [0.05, 0.1) is 6.17 Å². The molecule has 0 aliphatic heterocycles. The maximum atomic E-state index is 12.0. The Morgan fingerprint density at radius 2 is 2.00 bits per heavy atom. The fraction of sp³-hybridized carbons (Fsp3) is 0.857. The van der Waals surface area contributed by atoms with E-state index in [1.807, 2.05) is 0 Å². The summed E-state index contributed by atoms with van der Waals surface area (Å²) < 4.78 is 16.7. The van der Waals surface area contributed by atoms with Crippen LogP contribution in [0, 0.1) is 7.43 Å². The molecule has 0 aromatic heterocycles. The van der Waals surface area contributed by atoms with Gasteiger partial charge in [-0.15, -0.1) is 0 Å². The standard InChI is InChI=1S/C6H13FO.CH3.K/c1-6(7)4-3-5-8-2;;/h6H,3-5H2,1-2H3;1H3;/q;-1;+1. The molecule has 10 heavy (non-hydrogen) atoms. The number of methoxy groups -OCH3 is 1. The summed E-state index contributed by atoms with van der Waals surface area (Å²) in [7, 11) is 1.63. The molecule has 0 aromatic rings. The molecule has 0 N–H and O–H groups in total. The molecule has 0 aliphatic carbocycles. The van der Waals surface area contributed by atoms with Crippen molar-refractivity contribution in [1.29, 1.82) is 0 Å². The molecule has 0 bridgehead atoms. The summed E-state index contributed by atoms with van der Waals surface area (Å²) in [6, 6.07) is 0. The van der Waals surface area contributed by atoms with Gasteiger partial charge in [0.1, 0.15) is 0 Å². The van der Waals surface area contributed by atoms with E-state index in [0.29, 0.717) is 13.0 Å². The van der Waals surface area contributed by atoms with Gasteiger partial charge in [-0.1, -0.05) is 0 Å². The minimum absolute atomic E-state index is 0. The molecule has 0 saturated heterocycles.